The molecule has 0 unspecified atom stereocenters. The topological polar surface area (TPSA) is 56.1 Å². The number of nitrogens with one attached hydrogen (secondary N) is 1. The van der Waals surface area contributed by atoms with E-state index >= 15 is 0 Å². The predicted octanol–water partition coefficient (Wildman–Crippen LogP) is 1.09. The highest BCUT2D eigenvalue weighted by Gasteiger charge is 2.08. The summed E-state index contributed by atoms with van der Waals surface area (Å²) in [6.07, 6.45) is 1.57. The lowest BCUT2D eigenvalue weighted by Crippen LogP contribution is -2.28. The van der Waals surface area contributed by atoms with Crippen molar-refractivity contribution in [2.24, 2.45) is 0 Å². The quantitative estimate of drug-likeness (QED) is 0.422. The predicted molar refractivity (Wildman–Crippen MR) is 60.3 cm³/mol. The lowest BCUT2D eigenvalue weighted by molar-refractivity contribution is -0.117. The summed E-state index contributed by atoms with van der Waals surface area (Å²) in [7, 11) is 0. The molecule has 0 aromatic rings. The van der Waals surface area contributed by atoms with Crippen molar-refractivity contribution in [3.8, 4) is 6.07 Å². The SMILES string of the molecule is CCN(/C=C(/C#N)C(=O)NCCCl)CC. The lowest BCUT2D eigenvalue weighted by atomic mass is 10.3. The second-order valence-corrected chi connectivity index (χ2v) is 3.20. The summed E-state index contributed by atoms with van der Waals surface area (Å²) in [5, 5.41) is 11.3. The summed E-state index contributed by atoms with van der Waals surface area (Å²) >= 11 is 5.43. The number of carbonyl (C=O) groups is 1. The minimum absolute atomic E-state index is 0.115. The molecule has 0 spiro atoms. The van der Waals surface area contributed by atoms with E-state index in [1.165, 1.54) is 0 Å². The van der Waals surface area contributed by atoms with Gasteiger partial charge in [0.25, 0.3) is 5.91 Å². The molecule has 0 bridgehead atoms. The van der Waals surface area contributed by atoms with E-state index in [4.69, 9.17) is 16.9 Å². The molecule has 0 aliphatic heterocycles. The van der Waals surface area contributed by atoms with Gasteiger partial charge < -0.3 is 10.2 Å². The molecule has 4 nitrogen and oxygen atoms in total. The normalized spacial score (nSPS) is 10.7. The molecule has 0 atom stereocenters. The van der Waals surface area contributed by atoms with E-state index in [1.807, 2.05) is 24.8 Å². The zero-order valence-corrected chi connectivity index (χ0v) is 9.84. The molecule has 1 amide bonds. The van der Waals surface area contributed by atoms with E-state index in [9.17, 15) is 4.79 Å². The van der Waals surface area contributed by atoms with Crippen LogP contribution in [0.4, 0.5) is 0 Å². The minimum Gasteiger partial charge on any atom is -0.377 e. The highest BCUT2D eigenvalue weighted by atomic mass is 35.5. The lowest BCUT2D eigenvalue weighted by Gasteiger charge is -2.15. The second kappa shape index (κ2) is 8.13. The van der Waals surface area contributed by atoms with Crippen LogP contribution >= 0.6 is 11.6 Å². The zero-order valence-electron chi connectivity index (χ0n) is 9.09. The smallest absolute Gasteiger partial charge is 0.263 e. The summed E-state index contributed by atoms with van der Waals surface area (Å²) in [6.45, 7) is 5.84. The molecule has 0 radical (unpaired) electrons. The Morgan fingerprint density at radius 3 is 2.53 bits per heavy atom. The highest BCUT2D eigenvalue weighted by Crippen LogP contribution is 1.97. The maximum atomic E-state index is 11.4. The van der Waals surface area contributed by atoms with Gasteiger partial charge in [0.05, 0.1) is 0 Å². The number of rotatable bonds is 6. The summed E-state index contributed by atoms with van der Waals surface area (Å²) in [5.74, 6) is -0.0273. The van der Waals surface area contributed by atoms with Gasteiger partial charge in [0.2, 0.25) is 0 Å². The number of nitrogens with zero attached hydrogens (tertiary/aromatic N) is 2. The molecule has 0 aromatic heterocycles. The highest BCUT2D eigenvalue weighted by molar-refractivity contribution is 6.18. The number of alkyl halides is 1. The fourth-order valence-electron chi connectivity index (χ4n) is 0.983. The van der Waals surface area contributed by atoms with Crippen LogP contribution in [0.5, 0.6) is 0 Å². The summed E-state index contributed by atoms with van der Waals surface area (Å²) in [4.78, 5) is 13.3. The molecule has 0 aliphatic carbocycles. The van der Waals surface area contributed by atoms with E-state index in [0.29, 0.717) is 12.4 Å². The van der Waals surface area contributed by atoms with Gasteiger partial charge in [-0.3, -0.25) is 4.79 Å². The zero-order chi connectivity index (χ0) is 11.7. The van der Waals surface area contributed by atoms with Crippen molar-refractivity contribution in [2.45, 2.75) is 13.8 Å². The van der Waals surface area contributed by atoms with Crippen LogP contribution < -0.4 is 5.32 Å². The first-order valence-electron chi connectivity index (χ1n) is 4.89. The first-order valence-corrected chi connectivity index (χ1v) is 5.43. The maximum Gasteiger partial charge on any atom is 0.263 e. The van der Waals surface area contributed by atoms with E-state index in [2.05, 4.69) is 5.32 Å². The summed E-state index contributed by atoms with van der Waals surface area (Å²) in [6, 6.07) is 1.87. The third kappa shape index (κ3) is 5.28. The van der Waals surface area contributed by atoms with Crippen LogP contribution in [-0.2, 0) is 4.79 Å². The molecule has 0 saturated carbocycles. The average molecular weight is 230 g/mol. The fraction of sp³-hybridized carbons (Fsp3) is 0.600. The first-order chi connectivity index (χ1) is 7.19. The van der Waals surface area contributed by atoms with Crippen LogP contribution in [0, 0.1) is 11.3 Å². The molecule has 0 aliphatic rings. The van der Waals surface area contributed by atoms with Crippen molar-refractivity contribution in [3.63, 3.8) is 0 Å². The van der Waals surface area contributed by atoms with Gasteiger partial charge in [-0.2, -0.15) is 5.26 Å². The average Bonchev–Trinajstić information content (AvgIpc) is 2.27. The molecule has 84 valence electrons. The van der Waals surface area contributed by atoms with Gasteiger partial charge in [-0.1, -0.05) is 0 Å². The van der Waals surface area contributed by atoms with Crippen molar-refractivity contribution < 1.29 is 4.79 Å². The molecule has 0 fully saturated rings. The van der Waals surface area contributed by atoms with E-state index in [1.54, 1.807) is 6.20 Å². The van der Waals surface area contributed by atoms with Gasteiger partial charge in [0.15, 0.2) is 0 Å². The largest absolute Gasteiger partial charge is 0.377 e. The number of carbonyl (C=O) groups excluding carboxylic acids is 1. The molecule has 15 heavy (non-hydrogen) atoms. The van der Waals surface area contributed by atoms with Crippen molar-refractivity contribution >= 4 is 17.5 Å². The molecular weight excluding hydrogens is 214 g/mol. The Hall–Kier alpha value is -1.21. The fourth-order valence-corrected chi connectivity index (χ4v) is 1.08. The summed E-state index contributed by atoms with van der Waals surface area (Å²) in [5.41, 5.74) is 0.115. The van der Waals surface area contributed by atoms with Crippen LogP contribution in [0.3, 0.4) is 0 Å². The molecule has 5 heteroatoms. The van der Waals surface area contributed by atoms with Crippen LogP contribution in [-0.4, -0.2) is 36.3 Å². The van der Waals surface area contributed by atoms with Crippen LogP contribution in [0.2, 0.25) is 0 Å². The molecule has 1 N–H and O–H groups in total. The van der Waals surface area contributed by atoms with Crippen molar-refractivity contribution in [1.82, 2.24) is 10.2 Å². The van der Waals surface area contributed by atoms with Crippen molar-refractivity contribution in [1.29, 1.82) is 5.26 Å². The van der Waals surface area contributed by atoms with Gasteiger partial charge in [0.1, 0.15) is 11.6 Å². The number of nitriles is 1. The number of hydrogen-bond donors (Lipinski definition) is 1. The van der Waals surface area contributed by atoms with E-state index in [-0.39, 0.29) is 11.5 Å². The Kier molecular flexibility index (Phi) is 7.47. The Labute approximate surface area is 95.5 Å². The first kappa shape index (κ1) is 13.8. The summed E-state index contributed by atoms with van der Waals surface area (Å²) < 4.78 is 0. The second-order valence-electron chi connectivity index (χ2n) is 2.82. The Balaban J connectivity index is 4.47. The van der Waals surface area contributed by atoms with Gasteiger partial charge in [-0.15, -0.1) is 11.6 Å². The van der Waals surface area contributed by atoms with Gasteiger partial charge in [-0.25, -0.2) is 0 Å². The van der Waals surface area contributed by atoms with Crippen LogP contribution in [0.1, 0.15) is 13.8 Å². The Morgan fingerprint density at radius 1 is 1.53 bits per heavy atom. The van der Waals surface area contributed by atoms with Crippen LogP contribution in [0.25, 0.3) is 0 Å². The number of hydrogen-bond acceptors (Lipinski definition) is 3. The van der Waals surface area contributed by atoms with Crippen LogP contribution in [0.15, 0.2) is 11.8 Å². The van der Waals surface area contributed by atoms with E-state index < -0.39 is 0 Å². The molecule has 0 aromatic carbocycles. The van der Waals surface area contributed by atoms with Crippen molar-refractivity contribution in [3.05, 3.63) is 11.8 Å². The standard InChI is InChI=1S/C10H16ClN3O/c1-3-14(4-2)8-9(7-12)10(15)13-6-5-11/h8H,3-6H2,1-2H3,(H,13,15)/b9-8-. The van der Waals surface area contributed by atoms with Gasteiger partial charge in [-0.05, 0) is 13.8 Å². The third-order valence-corrected chi connectivity index (χ3v) is 2.06. The number of amides is 1. The van der Waals surface area contributed by atoms with E-state index in [0.717, 1.165) is 13.1 Å². The third-order valence-electron chi connectivity index (χ3n) is 1.87. The number of halogens is 1. The van der Waals surface area contributed by atoms with Gasteiger partial charge in [0, 0.05) is 31.7 Å². The molecule has 0 rings (SSSR count). The monoisotopic (exact) mass is 229 g/mol. The Bertz CT molecular complexity index is 266. The minimum atomic E-state index is -0.370. The molecule has 0 heterocycles. The van der Waals surface area contributed by atoms with Crippen molar-refractivity contribution in [2.75, 3.05) is 25.5 Å². The Morgan fingerprint density at radius 2 is 2.13 bits per heavy atom. The molecule has 0 saturated heterocycles. The molecular formula is C10H16ClN3O. The van der Waals surface area contributed by atoms with Gasteiger partial charge >= 0.3 is 0 Å². The maximum absolute atomic E-state index is 11.4.